The van der Waals surface area contributed by atoms with Gasteiger partial charge >= 0.3 is 4.87 Å². The van der Waals surface area contributed by atoms with Gasteiger partial charge in [-0.05, 0) is 44.8 Å². The molecule has 2 saturated heterocycles. The summed E-state index contributed by atoms with van der Waals surface area (Å²) < 4.78 is 6.92. The van der Waals surface area contributed by atoms with Crippen molar-refractivity contribution >= 4 is 38.8 Å². The highest BCUT2D eigenvalue weighted by Gasteiger charge is 2.41. The second-order valence-electron chi connectivity index (χ2n) is 12.9. The maximum Gasteiger partial charge on any atom is 0.305 e. The molecule has 10 nitrogen and oxygen atoms in total. The van der Waals surface area contributed by atoms with Crippen LogP contribution in [0.1, 0.15) is 104 Å². The quantitative estimate of drug-likeness (QED) is 0.163. The summed E-state index contributed by atoms with van der Waals surface area (Å²) in [6, 6.07) is 3.20. The molecule has 1 amide bonds. The average molecular weight is 660 g/mol. The Morgan fingerprint density at radius 3 is 2.56 bits per heavy atom. The summed E-state index contributed by atoms with van der Waals surface area (Å²) in [6.07, 6.45) is 11.4. The summed E-state index contributed by atoms with van der Waals surface area (Å²) in [7, 11) is 0. The molecule has 2 aromatic heterocycles. The Balaban J connectivity index is 0.891. The molecule has 248 valence electrons. The fourth-order valence-corrected chi connectivity index (χ4v) is 8.24. The van der Waals surface area contributed by atoms with E-state index in [1.54, 1.807) is 12.3 Å². The van der Waals surface area contributed by atoms with Crippen molar-refractivity contribution in [1.82, 2.24) is 25.1 Å². The van der Waals surface area contributed by atoms with Crippen LogP contribution in [0.25, 0.3) is 10.2 Å². The van der Waals surface area contributed by atoms with Gasteiger partial charge in [0.2, 0.25) is 0 Å². The van der Waals surface area contributed by atoms with E-state index >= 15 is 0 Å². The molecule has 1 aromatic carbocycles. The van der Waals surface area contributed by atoms with Crippen molar-refractivity contribution in [1.29, 1.82) is 0 Å². The largest absolute Gasteiger partial charge is 0.506 e. The fraction of sp³-hybridized carbons (Fsp3) is 0.667. The second-order valence-corrected chi connectivity index (χ2v) is 15.0. The summed E-state index contributed by atoms with van der Waals surface area (Å²) in [4.78, 5) is 37.0. The molecule has 4 N–H and O–H groups in total. The van der Waals surface area contributed by atoms with Crippen molar-refractivity contribution < 1.29 is 19.7 Å². The number of benzene rings is 1. The lowest BCUT2D eigenvalue weighted by molar-refractivity contribution is -0.127. The predicted molar refractivity (Wildman–Crippen MR) is 181 cm³/mol. The Bertz CT molecular complexity index is 1440. The second kappa shape index (κ2) is 16.0. The zero-order valence-corrected chi connectivity index (χ0v) is 28.3. The fourth-order valence-electron chi connectivity index (χ4n) is 6.43. The number of unbranched alkanes of at least 4 members (excludes halogenated alkanes) is 6. The van der Waals surface area contributed by atoms with E-state index in [4.69, 9.17) is 4.74 Å². The number of amides is 1. The molecular formula is C33H49N5O5S2. The minimum atomic E-state index is -0.730. The number of nitrogens with zero attached hydrogens (tertiary/aromatic N) is 3. The number of aliphatic hydroxyl groups excluding tert-OH is 1. The number of carbonyl (C=O) groups is 1. The van der Waals surface area contributed by atoms with Gasteiger partial charge in [-0.1, -0.05) is 63.4 Å². The number of fused-ring (bicyclic) bond motifs is 1. The number of morpholine rings is 1. The van der Waals surface area contributed by atoms with Crippen LogP contribution in [0, 0.1) is 0 Å². The maximum absolute atomic E-state index is 13.2. The van der Waals surface area contributed by atoms with E-state index in [9.17, 15) is 19.8 Å². The van der Waals surface area contributed by atoms with Gasteiger partial charge in [0.05, 0.1) is 40.8 Å². The zero-order valence-electron chi connectivity index (χ0n) is 26.7. The molecular weight excluding hydrogens is 611 g/mol. The highest BCUT2D eigenvalue weighted by Crippen LogP contribution is 2.33. The lowest BCUT2D eigenvalue weighted by Gasteiger charge is -2.47. The number of piperidine rings is 1. The van der Waals surface area contributed by atoms with Crippen LogP contribution in [0.2, 0.25) is 0 Å². The molecule has 0 unspecified atom stereocenters. The molecule has 0 saturated carbocycles. The van der Waals surface area contributed by atoms with Crippen LogP contribution in [0.15, 0.2) is 23.1 Å². The predicted octanol–water partition coefficient (Wildman–Crippen LogP) is 5.24. The lowest BCUT2D eigenvalue weighted by Crippen LogP contribution is -2.58. The van der Waals surface area contributed by atoms with E-state index in [-0.39, 0.29) is 22.1 Å². The molecule has 1 atom stereocenters. The van der Waals surface area contributed by atoms with Crippen molar-refractivity contribution in [3.8, 4) is 5.75 Å². The number of aromatic hydroxyl groups is 1. The van der Waals surface area contributed by atoms with Crippen LogP contribution in [0.5, 0.6) is 5.75 Å². The molecule has 3 aromatic rings. The first-order valence-corrected chi connectivity index (χ1v) is 18.2. The number of thiazole rings is 2. The molecule has 5 rings (SSSR count). The summed E-state index contributed by atoms with van der Waals surface area (Å²) in [6.45, 7) is 10.6. The summed E-state index contributed by atoms with van der Waals surface area (Å²) >= 11 is 2.54. The molecule has 2 aliphatic rings. The van der Waals surface area contributed by atoms with Crippen LogP contribution in [0.4, 0.5) is 0 Å². The van der Waals surface area contributed by atoms with Crippen LogP contribution >= 0.6 is 22.7 Å². The van der Waals surface area contributed by atoms with E-state index in [2.05, 4.69) is 34.0 Å². The van der Waals surface area contributed by atoms with Crippen molar-refractivity contribution in [2.24, 2.45) is 0 Å². The minimum Gasteiger partial charge on any atom is -0.506 e. The average Bonchev–Trinajstić information content (AvgIpc) is 3.68. The van der Waals surface area contributed by atoms with Gasteiger partial charge in [-0.3, -0.25) is 9.59 Å². The van der Waals surface area contributed by atoms with Gasteiger partial charge in [0.25, 0.3) is 5.91 Å². The molecule has 0 bridgehead atoms. The van der Waals surface area contributed by atoms with E-state index in [0.717, 1.165) is 66.7 Å². The normalized spacial score (nSPS) is 17.9. The number of aliphatic hydroxyl groups is 1. The van der Waals surface area contributed by atoms with Gasteiger partial charge in [-0.15, -0.1) is 11.3 Å². The Kier molecular flexibility index (Phi) is 12.1. The number of nitrogens with one attached hydrogen (secondary N) is 2. The molecule has 1 spiro atoms. The SMILES string of the molecule is CC(C)c1ncc(C(=O)N2CCOC3(CCN(CCCCCCCCCNC[C@H](O)c4ccc(O)c5[nH]c(=O)sc45)CC3)C2)s1. The summed E-state index contributed by atoms with van der Waals surface area (Å²) in [5, 5.41) is 24.9. The maximum atomic E-state index is 13.2. The monoisotopic (exact) mass is 659 g/mol. The number of phenols is 1. The lowest BCUT2D eigenvalue weighted by atomic mass is 9.89. The van der Waals surface area contributed by atoms with Gasteiger partial charge in [0.1, 0.15) is 16.1 Å². The first-order chi connectivity index (χ1) is 21.7. The molecule has 0 aliphatic carbocycles. The van der Waals surface area contributed by atoms with E-state index in [0.29, 0.717) is 47.9 Å². The topological polar surface area (TPSA) is 131 Å². The smallest absolute Gasteiger partial charge is 0.305 e. The Morgan fingerprint density at radius 2 is 1.82 bits per heavy atom. The van der Waals surface area contributed by atoms with E-state index in [1.165, 1.54) is 55.9 Å². The number of hydrogen-bond acceptors (Lipinski definition) is 10. The molecule has 2 fully saturated rings. The number of aromatic nitrogens is 2. The van der Waals surface area contributed by atoms with Crippen LogP contribution < -0.4 is 10.2 Å². The number of likely N-dealkylation sites (tertiary alicyclic amines) is 1. The van der Waals surface area contributed by atoms with E-state index < -0.39 is 6.10 Å². The van der Waals surface area contributed by atoms with Crippen LogP contribution in [-0.2, 0) is 4.74 Å². The zero-order chi connectivity index (χ0) is 31.8. The standard InChI is InChI=1S/C33H49N5O5S2/c1-23(2)30-35-21-27(44-30)31(41)38-18-19-43-33(22-38)12-16-37(17-13-33)15-9-7-5-3-4-6-8-14-34-20-26(40)24-10-11-25(39)28-29(24)45-32(42)36-28/h10-11,21,23,26,34,39-40H,3-9,12-20,22H2,1-2H3,(H,36,42)/t26-/m0/s1. The third-order valence-electron chi connectivity index (χ3n) is 9.14. The number of hydrogen-bond donors (Lipinski definition) is 4. The number of carbonyl (C=O) groups excluding carboxylic acids is 1. The van der Waals surface area contributed by atoms with Crippen molar-refractivity contribution in [3.63, 3.8) is 0 Å². The number of ether oxygens (including phenoxy) is 1. The molecule has 12 heteroatoms. The molecule has 0 radical (unpaired) electrons. The molecule has 45 heavy (non-hydrogen) atoms. The summed E-state index contributed by atoms with van der Waals surface area (Å²) in [5.74, 6) is 0.465. The van der Waals surface area contributed by atoms with E-state index in [1.807, 2.05) is 4.90 Å². The van der Waals surface area contributed by atoms with Crippen molar-refractivity contribution in [2.75, 3.05) is 52.4 Å². The Hall–Kier alpha value is -2.35. The van der Waals surface area contributed by atoms with Gasteiger partial charge in [0.15, 0.2) is 0 Å². The number of rotatable bonds is 15. The van der Waals surface area contributed by atoms with Gasteiger partial charge in [-0.25, -0.2) is 4.98 Å². The number of H-pyrrole nitrogens is 1. The van der Waals surface area contributed by atoms with Gasteiger partial charge in [-0.2, -0.15) is 0 Å². The van der Waals surface area contributed by atoms with Crippen molar-refractivity contribution in [2.45, 2.75) is 89.3 Å². The minimum absolute atomic E-state index is 0.0249. The highest BCUT2D eigenvalue weighted by molar-refractivity contribution is 7.16. The first-order valence-electron chi connectivity index (χ1n) is 16.6. The Morgan fingerprint density at radius 1 is 1.09 bits per heavy atom. The third kappa shape index (κ3) is 8.93. The third-order valence-corrected chi connectivity index (χ3v) is 11.4. The molecule has 2 aliphatic heterocycles. The molecule has 4 heterocycles. The number of phenolic OH excluding ortho intramolecular Hbond substituents is 1. The van der Waals surface area contributed by atoms with Crippen LogP contribution in [0.3, 0.4) is 0 Å². The summed E-state index contributed by atoms with van der Waals surface area (Å²) in [5.41, 5.74) is 0.857. The van der Waals surface area contributed by atoms with Gasteiger partial charge in [0, 0.05) is 37.7 Å². The first kappa shape index (κ1) is 34.0. The number of aromatic amines is 1. The highest BCUT2D eigenvalue weighted by atomic mass is 32.1. The van der Waals surface area contributed by atoms with Gasteiger partial charge < -0.3 is 35.1 Å². The van der Waals surface area contributed by atoms with Crippen LogP contribution in [-0.4, -0.2) is 93.9 Å². The Labute approximate surface area is 273 Å². The van der Waals surface area contributed by atoms with Crippen molar-refractivity contribution in [3.05, 3.63) is 43.4 Å².